The zero-order valence-electron chi connectivity index (χ0n) is 11.2. The Labute approximate surface area is 117 Å². The van der Waals surface area contributed by atoms with Gasteiger partial charge >= 0.3 is 6.09 Å². The molecular formula is C13H18ClFN2O2. The zero-order chi connectivity index (χ0) is 14.6. The van der Waals surface area contributed by atoms with Crippen molar-refractivity contribution in [2.45, 2.75) is 32.4 Å². The Morgan fingerprint density at radius 3 is 2.68 bits per heavy atom. The van der Waals surface area contributed by atoms with E-state index in [1.807, 2.05) is 0 Å². The minimum absolute atomic E-state index is 0.0373. The Bertz CT molecular complexity index is 440. The molecule has 1 atom stereocenters. The van der Waals surface area contributed by atoms with Crippen LogP contribution in [-0.4, -0.2) is 18.2 Å². The number of hydrogen-bond acceptors (Lipinski definition) is 3. The minimum Gasteiger partial charge on any atom is -0.444 e. The molecule has 1 unspecified atom stereocenters. The van der Waals surface area contributed by atoms with Crippen LogP contribution in [0.3, 0.4) is 0 Å². The highest BCUT2D eigenvalue weighted by Crippen LogP contribution is 2.24. The van der Waals surface area contributed by atoms with Gasteiger partial charge in [-0.1, -0.05) is 17.7 Å². The first-order valence-corrected chi connectivity index (χ1v) is 6.25. The van der Waals surface area contributed by atoms with Gasteiger partial charge in [0.1, 0.15) is 11.4 Å². The van der Waals surface area contributed by atoms with Crippen molar-refractivity contribution >= 4 is 17.7 Å². The number of hydrogen-bond donors (Lipinski definition) is 2. The second kappa shape index (κ2) is 6.21. The van der Waals surface area contributed by atoms with Gasteiger partial charge in [-0.05, 0) is 32.9 Å². The molecule has 4 nitrogen and oxygen atoms in total. The first-order chi connectivity index (χ1) is 8.70. The average molecular weight is 289 g/mol. The second-order valence-corrected chi connectivity index (χ2v) is 5.53. The third kappa shape index (κ3) is 5.04. The number of carbonyl (C=O) groups excluding carboxylic acids is 1. The van der Waals surface area contributed by atoms with Crippen molar-refractivity contribution in [1.82, 2.24) is 5.32 Å². The van der Waals surface area contributed by atoms with Crippen LogP contribution in [0.5, 0.6) is 0 Å². The summed E-state index contributed by atoms with van der Waals surface area (Å²) in [7, 11) is 0. The molecule has 3 N–H and O–H groups in total. The predicted octanol–water partition coefficient (Wildman–Crippen LogP) is 3.00. The summed E-state index contributed by atoms with van der Waals surface area (Å²) < 4.78 is 18.6. The van der Waals surface area contributed by atoms with E-state index in [9.17, 15) is 9.18 Å². The van der Waals surface area contributed by atoms with E-state index in [-0.39, 0.29) is 17.1 Å². The van der Waals surface area contributed by atoms with Gasteiger partial charge in [-0.2, -0.15) is 0 Å². The maximum absolute atomic E-state index is 13.6. The van der Waals surface area contributed by atoms with E-state index in [4.69, 9.17) is 22.1 Å². The Morgan fingerprint density at radius 1 is 1.53 bits per heavy atom. The maximum Gasteiger partial charge on any atom is 0.407 e. The van der Waals surface area contributed by atoms with Crippen LogP contribution in [0, 0.1) is 5.82 Å². The number of alkyl carbamates (subject to hydrolysis) is 1. The Kier molecular flexibility index (Phi) is 5.14. The summed E-state index contributed by atoms with van der Waals surface area (Å²) in [4.78, 5) is 11.4. The summed E-state index contributed by atoms with van der Waals surface area (Å²) in [5.74, 6) is -0.494. The van der Waals surface area contributed by atoms with Gasteiger partial charge in [-0.3, -0.25) is 0 Å². The molecule has 1 amide bonds. The molecule has 6 heteroatoms. The number of rotatable bonds is 3. The highest BCUT2D eigenvalue weighted by molar-refractivity contribution is 6.31. The molecular weight excluding hydrogens is 271 g/mol. The van der Waals surface area contributed by atoms with Gasteiger partial charge in [0.15, 0.2) is 0 Å². The zero-order valence-corrected chi connectivity index (χ0v) is 11.9. The van der Waals surface area contributed by atoms with E-state index in [0.717, 1.165) is 0 Å². The molecule has 0 aliphatic heterocycles. The lowest BCUT2D eigenvalue weighted by molar-refractivity contribution is 0.0524. The van der Waals surface area contributed by atoms with Crippen LogP contribution in [0.4, 0.5) is 9.18 Å². The smallest absolute Gasteiger partial charge is 0.407 e. The molecule has 0 aliphatic carbocycles. The van der Waals surface area contributed by atoms with Gasteiger partial charge in [0.25, 0.3) is 0 Å². The van der Waals surface area contributed by atoms with Crippen LogP contribution in [0.15, 0.2) is 18.2 Å². The van der Waals surface area contributed by atoms with Crippen molar-refractivity contribution in [2.75, 3.05) is 6.54 Å². The van der Waals surface area contributed by atoms with Crippen molar-refractivity contribution in [1.29, 1.82) is 0 Å². The normalized spacial score (nSPS) is 12.9. The molecule has 1 aromatic rings. The van der Waals surface area contributed by atoms with E-state index in [1.54, 1.807) is 26.8 Å². The van der Waals surface area contributed by atoms with E-state index < -0.39 is 23.6 Å². The van der Waals surface area contributed by atoms with Crippen molar-refractivity contribution < 1.29 is 13.9 Å². The summed E-state index contributed by atoms with van der Waals surface area (Å²) in [6.45, 7) is 5.29. The van der Waals surface area contributed by atoms with Crippen LogP contribution in [0.1, 0.15) is 32.4 Å². The fraction of sp³-hybridized carbons (Fsp3) is 0.462. The molecule has 19 heavy (non-hydrogen) atoms. The first-order valence-electron chi connectivity index (χ1n) is 5.87. The van der Waals surface area contributed by atoms with Crippen molar-refractivity contribution in [2.24, 2.45) is 5.73 Å². The van der Waals surface area contributed by atoms with Gasteiger partial charge in [0.2, 0.25) is 0 Å². The van der Waals surface area contributed by atoms with Gasteiger partial charge < -0.3 is 15.8 Å². The molecule has 106 valence electrons. The lowest BCUT2D eigenvalue weighted by Gasteiger charge is -2.21. The molecule has 0 fully saturated rings. The number of ether oxygens (including phenoxy) is 1. The molecule has 1 aromatic carbocycles. The van der Waals surface area contributed by atoms with Gasteiger partial charge in [-0.25, -0.2) is 9.18 Å². The summed E-state index contributed by atoms with van der Waals surface area (Å²) in [6, 6.07) is 3.58. The Balaban J connectivity index is 2.61. The minimum atomic E-state index is -0.735. The molecule has 0 aromatic heterocycles. The number of halogens is 2. The summed E-state index contributed by atoms with van der Waals surface area (Å²) in [5, 5.41) is 2.72. The van der Waals surface area contributed by atoms with Gasteiger partial charge in [0.05, 0.1) is 6.04 Å². The Hall–Kier alpha value is -1.33. The van der Waals surface area contributed by atoms with E-state index in [1.165, 1.54) is 12.1 Å². The lowest BCUT2D eigenvalue weighted by atomic mass is 10.1. The quantitative estimate of drug-likeness (QED) is 0.898. The number of benzene rings is 1. The third-order valence-corrected chi connectivity index (χ3v) is 2.57. The summed E-state index contributed by atoms with van der Waals surface area (Å²) in [5.41, 5.74) is 5.40. The number of nitrogens with two attached hydrogens (primary N) is 1. The fourth-order valence-corrected chi connectivity index (χ4v) is 1.78. The topological polar surface area (TPSA) is 64.3 Å². The molecule has 0 aliphatic rings. The number of nitrogens with one attached hydrogen (secondary N) is 1. The molecule has 0 saturated carbocycles. The first kappa shape index (κ1) is 15.7. The van der Waals surface area contributed by atoms with Crippen LogP contribution in [-0.2, 0) is 4.74 Å². The summed E-state index contributed by atoms with van der Waals surface area (Å²) in [6.07, 6.45) is -0.601. The predicted molar refractivity (Wildman–Crippen MR) is 72.6 cm³/mol. The van der Waals surface area contributed by atoms with E-state index in [2.05, 4.69) is 5.32 Å². The SMILES string of the molecule is CC(C)(C)OC(=O)NCC(N)c1c(F)cccc1Cl. The number of carbonyl (C=O) groups is 1. The molecule has 0 spiro atoms. The monoisotopic (exact) mass is 288 g/mol. The molecule has 0 heterocycles. The maximum atomic E-state index is 13.6. The molecule has 0 saturated heterocycles. The van der Waals surface area contributed by atoms with Crippen LogP contribution < -0.4 is 11.1 Å². The highest BCUT2D eigenvalue weighted by Gasteiger charge is 2.19. The van der Waals surface area contributed by atoms with Crippen molar-refractivity contribution in [3.8, 4) is 0 Å². The largest absolute Gasteiger partial charge is 0.444 e. The standard InChI is InChI=1S/C13H18ClFN2O2/c1-13(2,3)19-12(18)17-7-10(16)11-8(14)5-4-6-9(11)15/h4-6,10H,7,16H2,1-3H3,(H,17,18). The number of amides is 1. The van der Waals surface area contributed by atoms with Crippen LogP contribution in [0.2, 0.25) is 5.02 Å². The molecule has 0 bridgehead atoms. The lowest BCUT2D eigenvalue weighted by Crippen LogP contribution is -2.36. The van der Waals surface area contributed by atoms with Gasteiger partial charge in [-0.15, -0.1) is 0 Å². The van der Waals surface area contributed by atoms with Crippen LogP contribution >= 0.6 is 11.6 Å². The van der Waals surface area contributed by atoms with E-state index in [0.29, 0.717) is 0 Å². The van der Waals surface area contributed by atoms with Gasteiger partial charge in [0, 0.05) is 17.1 Å². The second-order valence-electron chi connectivity index (χ2n) is 5.12. The van der Waals surface area contributed by atoms with E-state index >= 15 is 0 Å². The Morgan fingerprint density at radius 2 is 2.16 bits per heavy atom. The van der Waals surface area contributed by atoms with Crippen molar-refractivity contribution in [3.05, 3.63) is 34.6 Å². The van der Waals surface area contributed by atoms with Crippen LogP contribution in [0.25, 0.3) is 0 Å². The summed E-state index contributed by atoms with van der Waals surface area (Å²) >= 11 is 5.88. The average Bonchev–Trinajstić information content (AvgIpc) is 2.23. The van der Waals surface area contributed by atoms with Crippen molar-refractivity contribution in [3.63, 3.8) is 0 Å². The third-order valence-electron chi connectivity index (χ3n) is 2.24. The fourth-order valence-electron chi connectivity index (χ4n) is 1.47. The molecule has 1 rings (SSSR count). The highest BCUT2D eigenvalue weighted by atomic mass is 35.5. The molecule has 0 radical (unpaired) electrons.